The van der Waals surface area contributed by atoms with E-state index in [-0.39, 0.29) is 6.04 Å². The monoisotopic (exact) mass is 264 g/mol. The maximum atomic E-state index is 13.7. The summed E-state index contributed by atoms with van der Waals surface area (Å²) in [6.45, 7) is 1.78. The van der Waals surface area contributed by atoms with Crippen LogP contribution < -0.4 is 10.1 Å². The molecule has 3 nitrogen and oxygen atoms in total. The number of aromatic nitrogens is 1. The van der Waals surface area contributed by atoms with E-state index in [1.165, 1.54) is 19.2 Å². The van der Waals surface area contributed by atoms with Gasteiger partial charge in [-0.3, -0.25) is 0 Å². The van der Waals surface area contributed by atoms with Gasteiger partial charge >= 0.3 is 0 Å². The number of pyridine rings is 1. The van der Waals surface area contributed by atoms with Gasteiger partial charge in [0.25, 0.3) is 0 Å². The second-order valence-corrected chi connectivity index (χ2v) is 4.09. The quantitative estimate of drug-likeness (QED) is 0.917. The average Bonchev–Trinajstić information content (AvgIpc) is 2.39. The van der Waals surface area contributed by atoms with E-state index in [0.717, 1.165) is 6.07 Å². The summed E-state index contributed by atoms with van der Waals surface area (Å²) in [6.07, 6.45) is 1.60. The molecule has 1 N–H and O–H groups in total. The molecule has 0 bridgehead atoms. The first-order valence-corrected chi connectivity index (χ1v) is 5.82. The van der Waals surface area contributed by atoms with Crippen LogP contribution >= 0.6 is 0 Å². The second-order valence-electron chi connectivity index (χ2n) is 4.09. The molecule has 1 atom stereocenters. The van der Waals surface area contributed by atoms with E-state index in [2.05, 4.69) is 10.3 Å². The lowest BCUT2D eigenvalue weighted by Crippen LogP contribution is -2.10. The fourth-order valence-electron chi connectivity index (χ4n) is 1.83. The van der Waals surface area contributed by atoms with Crippen molar-refractivity contribution in [2.75, 3.05) is 12.4 Å². The summed E-state index contributed by atoms with van der Waals surface area (Å²) in [4.78, 5) is 4.04. The number of nitrogens with zero attached hydrogens (tertiary/aromatic N) is 1. The minimum Gasteiger partial charge on any atom is -0.480 e. The maximum absolute atomic E-state index is 13.7. The SMILES string of the molecule is COc1ncccc1NC(C)c1ccc(F)cc1F. The molecule has 0 aliphatic rings. The Hall–Kier alpha value is -2.17. The van der Waals surface area contributed by atoms with Crippen LogP contribution in [0, 0.1) is 11.6 Å². The van der Waals surface area contributed by atoms with E-state index in [4.69, 9.17) is 4.74 Å². The molecular weight excluding hydrogens is 250 g/mol. The average molecular weight is 264 g/mol. The number of methoxy groups -OCH3 is 1. The number of benzene rings is 1. The van der Waals surface area contributed by atoms with Crippen LogP contribution in [-0.4, -0.2) is 12.1 Å². The Labute approximate surface area is 110 Å². The molecule has 2 rings (SSSR count). The lowest BCUT2D eigenvalue weighted by atomic mass is 10.1. The lowest BCUT2D eigenvalue weighted by molar-refractivity contribution is 0.399. The number of nitrogens with one attached hydrogen (secondary N) is 1. The second kappa shape index (κ2) is 5.65. The predicted molar refractivity (Wildman–Crippen MR) is 69.2 cm³/mol. The molecule has 1 aromatic heterocycles. The maximum Gasteiger partial charge on any atom is 0.237 e. The van der Waals surface area contributed by atoms with Crippen LogP contribution in [0.4, 0.5) is 14.5 Å². The van der Waals surface area contributed by atoms with Gasteiger partial charge in [0.2, 0.25) is 5.88 Å². The summed E-state index contributed by atoms with van der Waals surface area (Å²) in [5.41, 5.74) is 1.04. The van der Waals surface area contributed by atoms with Gasteiger partial charge in [0.05, 0.1) is 18.8 Å². The minimum absolute atomic E-state index is 0.335. The normalized spacial score (nSPS) is 12.0. The summed E-state index contributed by atoms with van der Waals surface area (Å²) >= 11 is 0. The third-order valence-corrected chi connectivity index (χ3v) is 2.77. The molecule has 2 aromatic rings. The highest BCUT2D eigenvalue weighted by atomic mass is 19.1. The van der Waals surface area contributed by atoms with E-state index in [0.29, 0.717) is 17.1 Å². The third kappa shape index (κ3) is 2.99. The minimum atomic E-state index is -0.590. The first-order chi connectivity index (χ1) is 9.11. The molecular formula is C14H14F2N2O. The van der Waals surface area contributed by atoms with Gasteiger partial charge < -0.3 is 10.1 Å². The van der Waals surface area contributed by atoms with Crippen LogP contribution in [0.2, 0.25) is 0 Å². The van der Waals surface area contributed by atoms with Crippen LogP contribution in [0.5, 0.6) is 5.88 Å². The Morgan fingerprint density at radius 2 is 2.05 bits per heavy atom. The molecule has 0 fully saturated rings. The number of anilines is 1. The summed E-state index contributed by atoms with van der Waals surface area (Å²) in [7, 11) is 1.51. The van der Waals surface area contributed by atoms with Crippen LogP contribution in [0.3, 0.4) is 0 Å². The smallest absolute Gasteiger partial charge is 0.237 e. The molecule has 0 saturated heterocycles. The van der Waals surface area contributed by atoms with Gasteiger partial charge in [0.15, 0.2) is 0 Å². The number of hydrogen-bond donors (Lipinski definition) is 1. The number of ether oxygens (including phenoxy) is 1. The number of halogens is 2. The molecule has 0 spiro atoms. The highest BCUT2D eigenvalue weighted by molar-refractivity contribution is 5.53. The van der Waals surface area contributed by atoms with Crippen LogP contribution in [0.15, 0.2) is 36.5 Å². The van der Waals surface area contributed by atoms with Crippen molar-refractivity contribution in [1.82, 2.24) is 4.98 Å². The fraction of sp³-hybridized carbons (Fsp3) is 0.214. The topological polar surface area (TPSA) is 34.1 Å². The van der Waals surface area contributed by atoms with Crippen molar-refractivity contribution in [1.29, 1.82) is 0 Å². The summed E-state index contributed by atoms with van der Waals surface area (Å²) < 4.78 is 31.6. The molecule has 0 saturated carbocycles. The molecule has 1 aromatic carbocycles. The zero-order chi connectivity index (χ0) is 13.8. The van der Waals surface area contributed by atoms with Crippen molar-refractivity contribution in [3.63, 3.8) is 0 Å². The summed E-state index contributed by atoms with van der Waals surface area (Å²) in [5.74, 6) is -0.743. The first kappa shape index (κ1) is 13.3. The molecule has 100 valence electrons. The Morgan fingerprint density at radius 1 is 1.26 bits per heavy atom. The Morgan fingerprint density at radius 3 is 2.74 bits per heavy atom. The van der Waals surface area contributed by atoms with Crippen molar-refractivity contribution in [3.8, 4) is 5.88 Å². The van der Waals surface area contributed by atoms with E-state index in [9.17, 15) is 8.78 Å². The molecule has 1 unspecified atom stereocenters. The van der Waals surface area contributed by atoms with Crippen molar-refractivity contribution in [2.24, 2.45) is 0 Å². The Balaban J connectivity index is 2.23. The van der Waals surface area contributed by atoms with Crippen molar-refractivity contribution in [2.45, 2.75) is 13.0 Å². The van der Waals surface area contributed by atoms with Gasteiger partial charge in [0.1, 0.15) is 11.6 Å². The van der Waals surface area contributed by atoms with Gasteiger partial charge in [-0.05, 0) is 25.1 Å². The largest absolute Gasteiger partial charge is 0.480 e. The molecule has 0 radical (unpaired) electrons. The number of rotatable bonds is 4. The highest BCUT2D eigenvalue weighted by Gasteiger charge is 2.13. The molecule has 5 heteroatoms. The van der Waals surface area contributed by atoms with Gasteiger partial charge in [-0.25, -0.2) is 13.8 Å². The van der Waals surface area contributed by atoms with Crippen LogP contribution in [0.1, 0.15) is 18.5 Å². The zero-order valence-corrected chi connectivity index (χ0v) is 10.7. The Kier molecular flexibility index (Phi) is 3.94. The third-order valence-electron chi connectivity index (χ3n) is 2.77. The van der Waals surface area contributed by atoms with Gasteiger partial charge in [-0.15, -0.1) is 0 Å². The predicted octanol–water partition coefficient (Wildman–Crippen LogP) is 3.54. The molecule has 0 aliphatic carbocycles. The van der Waals surface area contributed by atoms with Crippen molar-refractivity contribution >= 4 is 5.69 Å². The highest BCUT2D eigenvalue weighted by Crippen LogP contribution is 2.26. The Bertz CT molecular complexity index is 575. The fourth-order valence-corrected chi connectivity index (χ4v) is 1.83. The van der Waals surface area contributed by atoms with E-state index in [1.54, 1.807) is 25.3 Å². The van der Waals surface area contributed by atoms with Gasteiger partial charge in [0, 0.05) is 17.8 Å². The van der Waals surface area contributed by atoms with Gasteiger partial charge in [-0.1, -0.05) is 6.07 Å². The first-order valence-electron chi connectivity index (χ1n) is 5.82. The van der Waals surface area contributed by atoms with Gasteiger partial charge in [-0.2, -0.15) is 0 Å². The lowest BCUT2D eigenvalue weighted by Gasteiger charge is -2.17. The van der Waals surface area contributed by atoms with Crippen LogP contribution in [0.25, 0.3) is 0 Å². The van der Waals surface area contributed by atoms with Crippen molar-refractivity contribution in [3.05, 3.63) is 53.7 Å². The molecule has 1 heterocycles. The molecule has 0 amide bonds. The zero-order valence-electron chi connectivity index (χ0n) is 10.7. The molecule has 19 heavy (non-hydrogen) atoms. The standard InChI is InChI=1S/C14H14F2N2O/c1-9(11-6-5-10(15)8-12(11)16)18-13-4-3-7-17-14(13)19-2/h3-9,18H,1-2H3. The van der Waals surface area contributed by atoms with E-state index >= 15 is 0 Å². The van der Waals surface area contributed by atoms with E-state index in [1.807, 2.05) is 0 Å². The van der Waals surface area contributed by atoms with Crippen LogP contribution in [-0.2, 0) is 0 Å². The summed E-state index contributed by atoms with van der Waals surface area (Å²) in [6, 6.07) is 6.72. The summed E-state index contributed by atoms with van der Waals surface area (Å²) in [5, 5.41) is 3.09. The van der Waals surface area contributed by atoms with Crippen molar-refractivity contribution < 1.29 is 13.5 Å². The molecule has 0 aliphatic heterocycles. The van der Waals surface area contributed by atoms with E-state index < -0.39 is 11.6 Å². The number of hydrogen-bond acceptors (Lipinski definition) is 3.